The summed E-state index contributed by atoms with van der Waals surface area (Å²) in [6, 6.07) is 64.0. The van der Waals surface area contributed by atoms with Crippen molar-refractivity contribution in [2.24, 2.45) is 0 Å². The normalized spacial score (nSPS) is 16.0. The predicted molar refractivity (Wildman–Crippen MR) is 238 cm³/mol. The van der Waals surface area contributed by atoms with Crippen LogP contribution >= 0.6 is 0 Å². The van der Waals surface area contributed by atoms with E-state index in [9.17, 15) is 0 Å². The van der Waals surface area contributed by atoms with Crippen LogP contribution in [-0.4, -0.2) is 9.55 Å². The van der Waals surface area contributed by atoms with Crippen LogP contribution in [0.25, 0.3) is 27.6 Å². The average molecular weight is 955 g/mol. The van der Waals surface area contributed by atoms with E-state index in [1.54, 1.807) is 0 Å². The molecule has 0 unspecified atom stereocenters. The molecule has 0 N–H and O–H groups in total. The van der Waals surface area contributed by atoms with Gasteiger partial charge in [-0.2, -0.15) is 6.07 Å². The Morgan fingerprint density at radius 1 is 0.583 bits per heavy atom. The number of hydrogen-bond donors (Lipinski definition) is 0. The van der Waals surface area contributed by atoms with Crippen LogP contribution in [0.1, 0.15) is 71.6 Å². The number of hydrogen-bond acceptors (Lipinski definition) is 4. The zero-order valence-electron chi connectivity index (χ0n) is 33.3. The van der Waals surface area contributed by atoms with Gasteiger partial charge in [0.15, 0.2) is 0 Å². The van der Waals surface area contributed by atoms with Crippen LogP contribution in [0.3, 0.4) is 0 Å². The second-order valence-electron chi connectivity index (χ2n) is 16.8. The first-order valence-electron chi connectivity index (χ1n) is 20.4. The van der Waals surface area contributed by atoms with E-state index in [1.165, 1.54) is 38.9 Å². The number of pyridine rings is 1. The third-order valence-electron chi connectivity index (χ3n) is 12.5. The molecule has 0 atom stereocenters. The Balaban J connectivity index is 0.00000408. The molecule has 1 aliphatic heterocycles. The van der Waals surface area contributed by atoms with Crippen molar-refractivity contribution in [3.8, 4) is 17.3 Å². The number of benzene rings is 7. The Hall–Kier alpha value is -6.42. The van der Waals surface area contributed by atoms with Crippen molar-refractivity contribution in [3.63, 3.8) is 0 Å². The van der Waals surface area contributed by atoms with Crippen molar-refractivity contribution in [1.29, 1.82) is 0 Å². The van der Waals surface area contributed by atoms with E-state index in [2.05, 4.69) is 206 Å². The molecule has 9 aromatic rings. The molecule has 7 aromatic carbocycles. The summed E-state index contributed by atoms with van der Waals surface area (Å²) in [4.78, 5) is 9.49. The Labute approximate surface area is 364 Å². The van der Waals surface area contributed by atoms with Gasteiger partial charge in [0.2, 0.25) is 0 Å². The van der Waals surface area contributed by atoms with Crippen LogP contribution in [0.5, 0.6) is 11.5 Å². The van der Waals surface area contributed by atoms with E-state index >= 15 is 0 Å². The second kappa shape index (κ2) is 13.8. The predicted octanol–water partition coefficient (Wildman–Crippen LogP) is 13.3. The molecule has 6 heteroatoms. The Bertz CT molecular complexity index is 3100. The van der Waals surface area contributed by atoms with E-state index in [-0.39, 0.29) is 38.3 Å². The molecule has 0 spiro atoms. The molecule has 5 nitrogen and oxygen atoms in total. The van der Waals surface area contributed by atoms with Gasteiger partial charge < -0.3 is 19.1 Å². The number of rotatable bonds is 5. The van der Waals surface area contributed by atoms with Gasteiger partial charge in [-0.25, -0.2) is 4.98 Å². The molecular weight excluding hydrogens is 916 g/mol. The summed E-state index contributed by atoms with van der Waals surface area (Å²) in [5.74, 6) is 2.23. The number of anilines is 4. The second-order valence-corrected chi connectivity index (χ2v) is 16.8. The van der Waals surface area contributed by atoms with Crippen LogP contribution in [0.4, 0.5) is 22.7 Å². The van der Waals surface area contributed by atoms with Crippen LogP contribution in [-0.2, 0) is 26.5 Å². The molecule has 3 heterocycles. The summed E-state index contributed by atoms with van der Waals surface area (Å²) in [5.41, 5.74) is 15.4. The minimum atomic E-state index is -0.0275. The minimum absolute atomic E-state index is 0. The SMILES string of the molecule is CC(C)(C)c1ccnc(-n2c3[c-]c(Oc4[c-]c(N5[CH-]N(c6ccccc6)c6ccccc65)c5c(c4)C4c6ccccc6C5c5ccccc54)ccc3c3ccccc32)c1.[Pt]. The summed E-state index contributed by atoms with van der Waals surface area (Å²) >= 11 is 0. The summed E-state index contributed by atoms with van der Waals surface area (Å²) < 4.78 is 9.22. The van der Waals surface area contributed by atoms with Crippen molar-refractivity contribution in [1.82, 2.24) is 9.55 Å². The Morgan fingerprint density at radius 2 is 1.22 bits per heavy atom. The molecule has 0 saturated heterocycles. The van der Waals surface area contributed by atoms with Gasteiger partial charge in [-0.05, 0) is 87.0 Å². The van der Waals surface area contributed by atoms with Crippen LogP contribution in [0.2, 0.25) is 0 Å². The first kappa shape index (κ1) is 36.6. The zero-order chi connectivity index (χ0) is 39.4. The maximum Gasteiger partial charge on any atom is 0.135 e. The Morgan fingerprint density at radius 3 is 1.93 bits per heavy atom. The fourth-order valence-electron chi connectivity index (χ4n) is 9.80. The number of ether oxygens (including phenoxy) is 1. The summed E-state index contributed by atoms with van der Waals surface area (Å²) in [6.45, 7) is 8.92. The van der Waals surface area contributed by atoms with Gasteiger partial charge in [-0.15, -0.1) is 47.4 Å². The smallest absolute Gasteiger partial charge is 0.135 e. The molecule has 0 fully saturated rings. The van der Waals surface area contributed by atoms with Crippen molar-refractivity contribution >= 4 is 44.6 Å². The number of nitrogens with zero attached hydrogens (tertiary/aromatic N) is 4. The molecule has 0 radical (unpaired) electrons. The topological polar surface area (TPSA) is 33.5 Å². The first-order valence-corrected chi connectivity index (χ1v) is 20.4. The molecule has 13 rings (SSSR count). The van der Waals surface area contributed by atoms with Crippen LogP contribution in [0, 0.1) is 18.8 Å². The van der Waals surface area contributed by atoms with Gasteiger partial charge in [0.1, 0.15) is 5.82 Å². The molecule has 60 heavy (non-hydrogen) atoms. The monoisotopic (exact) mass is 954 g/mol. The number of aromatic nitrogens is 2. The summed E-state index contributed by atoms with van der Waals surface area (Å²) in [6.07, 6.45) is 1.91. The van der Waals surface area contributed by atoms with Crippen molar-refractivity contribution in [2.45, 2.75) is 38.0 Å². The van der Waals surface area contributed by atoms with Crippen LogP contribution < -0.4 is 14.5 Å². The summed E-state index contributed by atoms with van der Waals surface area (Å²) in [7, 11) is 0. The molecular formula is C54H39N4OPt-3. The molecule has 0 amide bonds. The Kier molecular flexibility index (Phi) is 8.44. The largest absolute Gasteiger partial charge is 0.509 e. The standard InChI is InChI=1S/C54H39N4O.Pt/c1-54(2,3)34-27-28-55-50(29-34)58-45-22-12-11-17-38(45)39-26-25-36(31-48(39)58)59-37-30-44-51-40-18-7-9-20-42(40)52(43-21-10-8-19-41(43)51)53(44)49(32-37)57-33-56(35-15-5-4-6-16-35)46-23-13-14-24-47(46)57;/h4-30,33,51-52H,1-3H3;/q-3;. The molecule has 0 saturated carbocycles. The van der Waals surface area contributed by atoms with E-state index in [0.29, 0.717) is 11.5 Å². The van der Waals surface area contributed by atoms with Crippen LogP contribution in [0.15, 0.2) is 164 Å². The van der Waals surface area contributed by atoms with Crippen molar-refractivity contribution < 1.29 is 25.8 Å². The zero-order valence-corrected chi connectivity index (χ0v) is 35.6. The molecule has 3 aliphatic carbocycles. The van der Waals surface area contributed by atoms with Gasteiger partial charge >= 0.3 is 0 Å². The van der Waals surface area contributed by atoms with E-state index in [4.69, 9.17) is 9.72 Å². The van der Waals surface area contributed by atoms with E-state index in [1.807, 2.05) is 12.3 Å². The van der Waals surface area contributed by atoms with Gasteiger partial charge in [0, 0.05) is 67.3 Å². The number of fused-ring (bicyclic) bond motifs is 4. The van der Waals surface area contributed by atoms with E-state index in [0.717, 1.165) is 50.4 Å². The molecule has 2 bridgehead atoms. The quantitative estimate of drug-likeness (QED) is 0.161. The minimum Gasteiger partial charge on any atom is -0.509 e. The van der Waals surface area contributed by atoms with Gasteiger partial charge in [-0.3, -0.25) is 0 Å². The summed E-state index contributed by atoms with van der Waals surface area (Å²) in [5, 5.41) is 2.25. The fourth-order valence-corrected chi connectivity index (χ4v) is 9.80. The maximum absolute atomic E-state index is 7.00. The van der Waals surface area contributed by atoms with Gasteiger partial charge in [-0.1, -0.05) is 129 Å². The van der Waals surface area contributed by atoms with E-state index < -0.39 is 0 Å². The molecule has 294 valence electrons. The third-order valence-corrected chi connectivity index (χ3v) is 12.5. The fraction of sp³-hybridized carbons (Fsp3) is 0.111. The van der Waals surface area contributed by atoms with Gasteiger partial charge in [0.25, 0.3) is 0 Å². The molecule has 2 aromatic heterocycles. The van der Waals surface area contributed by atoms with Crippen molar-refractivity contribution in [2.75, 3.05) is 9.80 Å². The van der Waals surface area contributed by atoms with Crippen molar-refractivity contribution in [3.05, 3.63) is 222 Å². The average Bonchev–Trinajstić information content (AvgIpc) is 3.82. The molecule has 4 aliphatic rings. The third kappa shape index (κ3) is 5.52. The van der Waals surface area contributed by atoms with Gasteiger partial charge in [0.05, 0.1) is 0 Å². The maximum atomic E-state index is 7.00. The number of para-hydroxylation sites is 4. The first-order chi connectivity index (χ1) is 28.9.